The van der Waals surface area contributed by atoms with Crippen molar-refractivity contribution in [2.24, 2.45) is 0 Å². The number of thioether (sulfide) groups is 1. The standard InChI is InChI=1S/C18H17N7OS2/c1-10-8-11(2)25-16(19-10)21-18(24-25)27-9-13-6-4-5-7-14(13)15(26)20-17-23-22-12(3)28-17/h4-8H,9H2,1-3H3,(H,20,23,26). The molecule has 0 bridgehead atoms. The molecule has 0 unspecified atom stereocenters. The summed E-state index contributed by atoms with van der Waals surface area (Å²) in [6.07, 6.45) is 0. The lowest BCUT2D eigenvalue weighted by Gasteiger charge is -2.07. The minimum absolute atomic E-state index is 0.205. The average molecular weight is 412 g/mol. The molecule has 0 saturated carbocycles. The minimum Gasteiger partial charge on any atom is -0.296 e. The first kappa shape index (κ1) is 18.5. The third kappa shape index (κ3) is 3.87. The molecule has 3 aromatic heterocycles. The summed E-state index contributed by atoms with van der Waals surface area (Å²) < 4.78 is 1.73. The maximum atomic E-state index is 12.7. The van der Waals surface area contributed by atoms with Crippen LogP contribution in [0, 0.1) is 20.8 Å². The van der Waals surface area contributed by atoms with Crippen molar-refractivity contribution in [1.29, 1.82) is 0 Å². The highest BCUT2D eigenvalue weighted by molar-refractivity contribution is 7.98. The summed E-state index contributed by atoms with van der Waals surface area (Å²) >= 11 is 2.81. The van der Waals surface area contributed by atoms with Gasteiger partial charge in [-0.05, 0) is 38.5 Å². The van der Waals surface area contributed by atoms with E-state index in [0.29, 0.717) is 27.4 Å². The lowest BCUT2D eigenvalue weighted by molar-refractivity contribution is 0.102. The van der Waals surface area contributed by atoms with Crippen LogP contribution < -0.4 is 5.32 Å². The number of aromatic nitrogens is 6. The molecule has 0 aliphatic carbocycles. The van der Waals surface area contributed by atoms with Gasteiger partial charge in [0.15, 0.2) is 0 Å². The lowest BCUT2D eigenvalue weighted by atomic mass is 10.1. The predicted molar refractivity (Wildman–Crippen MR) is 109 cm³/mol. The predicted octanol–water partition coefficient (Wildman–Crippen LogP) is 3.45. The van der Waals surface area contributed by atoms with Gasteiger partial charge in [0.2, 0.25) is 10.3 Å². The second-order valence-corrected chi connectivity index (χ2v) is 8.30. The van der Waals surface area contributed by atoms with Gasteiger partial charge in [-0.3, -0.25) is 10.1 Å². The Labute approximate surface area is 169 Å². The fraction of sp³-hybridized carbons (Fsp3) is 0.222. The summed E-state index contributed by atoms with van der Waals surface area (Å²) in [5, 5.41) is 17.1. The van der Waals surface area contributed by atoms with Crippen LogP contribution in [0.15, 0.2) is 35.5 Å². The van der Waals surface area contributed by atoms with E-state index in [2.05, 4.69) is 30.6 Å². The maximum Gasteiger partial charge on any atom is 0.257 e. The quantitative estimate of drug-likeness (QED) is 0.502. The van der Waals surface area contributed by atoms with Crippen LogP contribution in [-0.4, -0.2) is 35.7 Å². The van der Waals surface area contributed by atoms with E-state index >= 15 is 0 Å². The molecule has 0 aliphatic rings. The third-order valence-corrected chi connectivity index (χ3v) is 5.60. The number of hydrogen-bond acceptors (Lipinski definition) is 8. The van der Waals surface area contributed by atoms with Crippen molar-refractivity contribution in [2.45, 2.75) is 31.7 Å². The van der Waals surface area contributed by atoms with Gasteiger partial charge in [0, 0.05) is 22.7 Å². The summed E-state index contributed by atoms with van der Waals surface area (Å²) in [7, 11) is 0. The van der Waals surface area contributed by atoms with E-state index < -0.39 is 0 Å². The van der Waals surface area contributed by atoms with Crippen LogP contribution in [0.5, 0.6) is 0 Å². The van der Waals surface area contributed by atoms with Gasteiger partial charge >= 0.3 is 0 Å². The van der Waals surface area contributed by atoms with Crippen molar-refractivity contribution < 1.29 is 4.79 Å². The zero-order chi connectivity index (χ0) is 19.7. The number of rotatable bonds is 5. The Balaban J connectivity index is 1.52. The monoisotopic (exact) mass is 411 g/mol. The number of carbonyl (C=O) groups excluding carboxylic acids is 1. The van der Waals surface area contributed by atoms with Crippen molar-refractivity contribution in [3.63, 3.8) is 0 Å². The summed E-state index contributed by atoms with van der Waals surface area (Å²) in [6, 6.07) is 9.44. The highest BCUT2D eigenvalue weighted by Gasteiger charge is 2.15. The second kappa shape index (κ2) is 7.64. The van der Waals surface area contributed by atoms with Crippen LogP contribution in [0.3, 0.4) is 0 Å². The van der Waals surface area contributed by atoms with Crippen molar-refractivity contribution in [3.8, 4) is 0 Å². The van der Waals surface area contributed by atoms with Gasteiger partial charge in [0.1, 0.15) is 5.01 Å². The maximum absolute atomic E-state index is 12.7. The smallest absolute Gasteiger partial charge is 0.257 e. The van der Waals surface area contributed by atoms with Crippen molar-refractivity contribution >= 4 is 39.9 Å². The van der Waals surface area contributed by atoms with Crippen LogP contribution >= 0.6 is 23.1 Å². The largest absolute Gasteiger partial charge is 0.296 e. The molecule has 0 radical (unpaired) electrons. The summed E-state index contributed by atoms with van der Waals surface area (Å²) in [5.41, 5.74) is 3.37. The molecule has 0 fully saturated rings. The molecule has 1 amide bonds. The molecule has 8 nitrogen and oxygen atoms in total. The Morgan fingerprint density at radius 2 is 2.00 bits per heavy atom. The van der Waals surface area contributed by atoms with E-state index in [4.69, 9.17) is 0 Å². The van der Waals surface area contributed by atoms with Crippen molar-refractivity contribution in [1.82, 2.24) is 29.8 Å². The Bertz CT molecular complexity index is 1170. The Morgan fingerprint density at radius 1 is 1.18 bits per heavy atom. The number of amides is 1. The molecular formula is C18H17N7OS2. The molecular weight excluding hydrogens is 394 g/mol. The van der Waals surface area contributed by atoms with Gasteiger partial charge in [-0.25, -0.2) is 9.50 Å². The number of nitrogens with zero attached hydrogens (tertiary/aromatic N) is 6. The molecule has 1 aromatic carbocycles. The summed E-state index contributed by atoms with van der Waals surface area (Å²) in [6.45, 7) is 5.75. The van der Waals surface area contributed by atoms with E-state index in [9.17, 15) is 4.79 Å². The van der Waals surface area contributed by atoms with Gasteiger partial charge in [-0.15, -0.1) is 15.3 Å². The summed E-state index contributed by atoms with van der Waals surface area (Å²) in [5.74, 6) is 0.939. The van der Waals surface area contributed by atoms with Crippen LogP contribution in [0.1, 0.15) is 32.3 Å². The van der Waals surface area contributed by atoms with E-state index in [1.807, 2.05) is 45.0 Å². The van der Waals surface area contributed by atoms with Crippen molar-refractivity contribution in [3.05, 3.63) is 57.9 Å². The van der Waals surface area contributed by atoms with Crippen LogP contribution in [0.2, 0.25) is 0 Å². The highest BCUT2D eigenvalue weighted by Crippen LogP contribution is 2.24. The van der Waals surface area contributed by atoms with Crippen LogP contribution in [0.4, 0.5) is 5.13 Å². The molecule has 10 heteroatoms. The molecule has 4 aromatic rings. The van der Waals surface area contributed by atoms with Gasteiger partial charge in [-0.2, -0.15) is 4.98 Å². The number of hydrogen-bond donors (Lipinski definition) is 1. The van der Waals surface area contributed by atoms with E-state index in [-0.39, 0.29) is 5.91 Å². The fourth-order valence-electron chi connectivity index (χ4n) is 2.73. The number of carbonyl (C=O) groups is 1. The number of anilines is 1. The van der Waals surface area contributed by atoms with Crippen LogP contribution in [-0.2, 0) is 5.75 Å². The minimum atomic E-state index is -0.205. The molecule has 3 heterocycles. The fourth-order valence-corrected chi connectivity index (χ4v) is 4.14. The first-order valence-electron chi connectivity index (χ1n) is 8.53. The van der Waals surface area contributed by atoms with Gasteiger partial charge in [0.05, 0.1) is 0 Å². The zero-order valence-electron chi connectivity index (χ0n) is 15.5. The molecule has 1 N–H and O–H groups in total. The molecule has 28 heavy (non-hydrogen) atoms. The van der Waals surface area contributed by atoms with Gasteiger partial charge in [-0.1, -0.05) is 41.3 Å². The molecule has 0 spiro atoms. The summed E-state index contributed by atoms with van der Waals surface area (Å²) in [4.78, 5) is 21.5. The molecule has 4 rings (SSSR count). The second-order valence-electron chi connectivity index (χ2n) is 6.17. The zero-order valence-corrected chi connectivity index (χ0v) is 17.1. The van der Waals surface area contributed by atoms with Crippen molar-refractivity contribution in [2.75, 3.05) is 5.32 Å². The first-order valence-corrected chi connectivity index (χ1v) is 10.3. The Hall–Kier alpha value is -2.85. The lowest BCUT2D eigenvalue weighted by Crippen LogP contribution is -2.13. The SMILES string of the molecule is Cc1cc(C)n2nc(SCc3ccccc3C(=O)Nc3nnc(C)s3)nc2n1. The van der Waals surface area contributed by atoms with E-state index in [0.717, 1.165) is 22.0 Å². The van der Waals surface area contributed by atoms with E-state index in [1.165, 1.54) is 23.1 Å². The Morgan fingerprint density at radius 3 is 2.79 bits per heavy atom. The molecule has 0 atom stereocenters. The normalized spacial score (nSPS) is 11.1. The molecule has 0 saturated heterocycles. The highest BCUT2D eigenvalue weighted by atomic mass is 32.2. The van der Waals surface area contributed by atoms with E-state index in [1.54, 1.807) is 10.6 Å². The number of benzene rings is 1. The van der Waals surface area contributed by atoms with Crippen LogP contribution in [0.25, 0.3) is 5.78 Å². The van der Waals surface area contributed by atoms with Gasteiger partial charge in [0.25, 0.3) is 11.7 Å². The number of nitrogens with one attached hydrogen (secondary N) is 1. The number of fused-ring (bicyclic) bond motifs is 1. The average Bonchev–Trinajstić information content (AvgIpc) is 3.26. The topological polar surface area (TPSA) is 98.0 Å². The molecule has 142 valence electrons. The number of aryl methyl sites for hydroxylation is 3. The Kier molecular flexibility index (Phi) is 5.05. The van der Waals surface area contributed by atoms with Gasteiger partial charge < -0.3 is 0 Å². The first-order chi connectivity index (χ1) is 13.5. The third-order valence-electron chi connectivity index (χ3n) is 3.96. The molecule has 0 aliphatic heterocycles.